The fraction of sp³-hybridized carbons (Fsp3) is 0.667. The maximum Gasteiger partial charge on any atom is 0.408 e. The number of carbonyl (C=O) groups is 3. The number of alkyl carbamates (subject to hydrolysis) is 1. The lowest BCUT2D eigenvalue weighted by atomic mass is 10.0. The first-order valence-corrected chi connectivity index (χ1v) is 12.6. The van der Waals surface area contributed by atoms with Gasteiger partial charge in [0, 0.05) is 13.0 Å². The summed E-state index contributed by atoms with van der Waals surface area (Å²) in [6.45, 7) is 9.55. The van der Waals surface area contributed by atoms with Crippen molar-refractivity contribution in [1.29, 1.82) is 0 Å². The van der Waals surface area contributed by atoms with Gasteiger partial charge >= 0.3 is 12.1 Å². The summed E-state index contributed by atoms with van der Waals surface area (Å²) in [7, 11) is 0. The van der Waals surface area contributed by atoms with Gasteiger partial charge in [0.1, 0.15) is 17.7 Å². The van der Waals surface area contributed by atoms with Crippen LogP contribution in [0.5, 0.6) is 0 Å². The van der Waals surface area contributed by atoms with Gasteiger partial charge in [-0.3, -0.25) is 4.79 Å². The van der Waals surface area contributed by atoms with E-state index in [1.54, 1.807) is 27.7 Å². The molecule has 0 bridgehead atoms. The maximum absolute atomic E-state index is 12.6. The summed E-state index contributed by atoms with van der Waals surface area (Å²) in [5.74, 6) is -0.505. The van der Waals surface area contributed by atoms with E-state index < -0.39 is 23.7 Å². The third-order valence-electron chi connectivity index (χ3n) is 5.26. The van der Waals surface area contributed by atoms with Crippen molar-refractivity contribution in [3.8, 4) is 0 Å². The molecule has 0 saturated heterocycles. The normalized spacial score (nSPS) is 13.0. The van der Waals surface area contributed by atoms with Gasteiger partial charge in [-0.05, 0) is 58.9 Å². The summed E-state index contributed by atoms with van der Waals surface area (Å²) in [5.41, 5.74) is 0.414. The Kier molecular flexibility index (Phi) is 14.0. The van der Waals surface area contributed by atoms with E-state index in [9.17, 15) is 14.4 Å². The first kappa shape index (κ1) is 29.5. The zero-order chi connectivity index (χ0) is 25.4. The quantitative estimate of drug-likeness (QED) is 0.252. The van der Waals surface area contributed by atoms with Gasteiger partial charge in [-0.25, -0.2) is 9.59 Å². The molecule has 1 unspecified atom stereocenters. The Morgan fingerprint density at radius 2 is 1.59 bits per heavy atom. The number of hydrogen-bond donors (Lipinski definition) is 2. The average Bonchev–Trinajstić information content (AvgIpc) is 2.76. The van der Waals surface area contributed by atoms with E-state index in [4.69, 9.17) is 9.47 Å². The third kappa shape index (κ3) is 14.6. The standard InChI is InChI=1S/C27H44N2O5/c1-6-7-8-9-13-17-23(33-25(31)21(2)29-26(32)34-27(3,4)5)18-14-19-24(30)28-20-22-15-11-10-12-16-22/h10-12,15-16,21,23H,6-9,13-14,17-20H2,1-5H3,(H,28,30)(H,29,32)/t21-,23?/m0/s1. The maximum atomic E-state index is 12.6. The van der Waals surface area contributed by atoms with E-state index >= 15 is 0 Å². The van der Waals surface area contributed by atoms with Crippen molar-refractivity contribution >= 4 is 18.0 Å². The van der Waals surface area contributed by atoms with E-state index in [0.717, 1.165) is 31.2 Å². The first-order valence-electron chi connectivity index (χ1n) is 12.6. The topological polar surface area (TPSA) is 93.7 Å². The Hall–Kier alpha value is -2.57. The highest BCUT2D eigenvalue weighted by molar-refractivity contribution is 5.81. The minimum Gasteiger partial charge on any atom is -0.461 e. The van der Waals surface area contributed by atoms with Crippen molar-refractivity contribution in [3.05, 3.63) is 35.9 Å². The molecule has 192 valence electrons. The molecule has 1 rings (SSSR count). The van der Waals surface area contributed by atoms with Crippen LogP contribution in [0.2, 0.25) is 0 Å². The van der Waals surface area contributed by atoms with Crippen LogP contribution in [0.1, 0.15) is 98.0 Å². The Morgan fingerprint density at radius 1 is 0.941 bits per heavy atom. The van der Waals surface area contributed by atoms with Crippen molar-refractivity contribution in [1.82, 2.24) is 10.6 Å². The molecule has 1 aromatic carbocycles. The molecule has 2 amide bonds. The van der Waals surface area contributed by atoms with Crippen LogP contribution in [-0.4, -0.2) is 35.7 Å². The summed E-state index contributed by atoms with van der Waals surface area (Å²) in [4.78, 5) is 36.7. The fourth-order valence-electron chi connectivity index (χ4n) is 3.42. The fourth-order valence-corrected chi connectivity index (χ4v) is 3.42. The van der Waals surface area contributed by atoms with Gasteiger partial charge in [0.05, 0.1) is 0 Å². The molecule has 1 aromatic rings. The van der Waals surface area contributed by atoms with Crippen LogP contribution in [0.25, 0.3) is 0 Å². The third-order valence-corrected chi connectivity index (χ3v) is 5.26. The van der Waals surface area contributed by atoms with Gasteiger partial charge < -0.3 is 20.1 Å². The molecule has 7 nitrogen and oxygen atoms in total. The zero-order valence-electron chi connectivity index (χ0n) is 21.7. The van der Waals surface area contributed by atoms with Crippen molar-refractivity contribution in [2.75, 3.05) is 0 Å². The molecule has 0 aliphatic heterocycles. The number of hydrogen-bond acceptors (Lipinski definition) is 5. The highest BCUT2D eigenvalue weighted by Crippen LogP contribution is 2.16. The summed E-state index contributed by atoms with van der Waals surface area (Å²) < 4.78 is 10.9. The van der Waals surface area contributed by atoms with Gasteiger partial charge in [-0.15, -0.1) is 0 Å². The van der Waals surface area contributed by atoms with Crippen LogP contribution in [-0.2, 0) is 25.6 Å². The van der Waals surface area contributed by atoms with E-state index in [1.807, 2.05) is 30.3 Å². The molecule has 0 saturated carbocycles. The van der Waals surface area contributed by atoms with Gasteiger partial charge in [-0.1, -0.05) is 62.9 Å². The second kappa shape index (κ2) is 16.1. The number of nitrogens with one attached hydrogen (secondary N) is 2. The molecule has 0 radical (unpaired) electrons. The van der Waals surface area contributed by atoms with Gasteiger partial charge in [0.15, 0.2) is 0 Å². The highest BCUT2D eigenvalue weighted by Gasteiger charge is 2.24. The molecular formula is C27H44N2O5. The Bertz CT molecular complexity index is 730. The van der Waals surface area contributed by atoms with E-state index in [-0.39, 0.29) is 12.0 Å². The van der Waals surface area contributed by atoms with Crippen molar-refractivity contribution in [2.24, 2.45) is 0 Å². The minimum atomic E-state index is -0.813. The lowest BCUT2D eigenvalue weighted by Gasteiger charge is -2.23. The molecule has 2 N–H and O–H groups in total. The van der Waals surface area contributed by atoms with E-state index in [2.05, 4.69) is 17.6 Å². The Morgan fingerprint density at radius 3 is 2.24 bits per heavy atom. The average molecular weight is 477 g/mol. The predicted octanol–water partition coefficient (Wildman–Crippen LogP) is 5.66. The summed E-state index contributed by atoms with van der Waals surface area (Å²) in [6.07, 6.45) is 7.02. The summed E-state index contributed by atoms with van der Waals surface area (Å²) in [5, 5.41) is 5.46. The van der Waals surface area contributed by atoms with E-state index in [1.165, 1.54) is 12.8 Å². The summed E-state index contributed by atoms with van der Waals surface area (Å²) in [6, 6.07) is 8.96. The number of carbonyl (C=O) groups excluding carboxylic acids is 3. The molecule has 34 heavy (non-hydrogen) atoms. The number of amides is 2. The summed E-state index contributed by atoms with van der Waals surface area (Å²) >= 11 is 0. The van der Waals surface area contributed by atoms with Crippen LogP contribution in [0.4, 0.5) is 4.79 Å². The molecule has 0 aliphatic rings. The second-order valence-corrected chi connectivity index (χ2v) is 9.78. The molecular weight excluding hydrogens is 432 g/mol. The van der Waals surface area contributed by atoms with Crippen LogP contribution in [0.15, 0.2) is 30.3 Å². The van der Waals surface area contributed by atoms with Crippen LogP contribution in [0, 0.1) is 0 Å². The first-order chi connectivity index (χ1) is 16.1. The largest absolute Gasteiger partial charge is 0.461 e. The number of rotatable bonds is 15. The SMILES string of the molecule is CCCCCCCC(CCCC(=O)NCc1ccccc1)OC(=O)[C@H](C)NC(=O)OC(C)(C)C. The molecule has 0 aliphatic carbocycles. The van der Waals surface area contributed by atoms with Crippen molar-refractivity contribution < 1.29 is 23.9 Å². The molecule has 2 atom stereocenters. The number of ether oxygens (including phenoxy) is 2. The van der Waals surface area contributed by atoms with Crippen LogP contribution >= 0.6 is 0 Å². The van der Waals surface area contributed by atoms with Crippen molar-refractivity contribution in [2.45, 2.75) is 117 Å². The predicted molar refractivity (Wildman–Crippen MR) is 134 cm³/mol. The minimum absolute atomic E-state index is 0.0168. The molecule has 0 spiro atoms. The highest BCUT2D eigenvalue weighted by atomic mass is 16.6. The molecule has 0 fully saturated rings. The zero-order valence-corrected chi connectivity index (χ0v) is 21.7. The van der Waals surface area contributed by atoms with Crippen LogP contribution < -0.4 is 10.6 Å². The van der Waals surface area contributed by atoms with E-state index in [0.29, 0.717) is 25.8 Å². The van der Waals surface area contributed by atoms with Gasteiger partial charge in [-0.2, -0.15) is 0 Å². The number of unbranched alkanes of at least 4 members (excludes halogenated alkanes) is 4. The van der Waals surface area contributed by atoms with Gasteiger partial charge in [0.2, 0.25) is 5.91 Å². The second-order valence-electron chi connectivity index (χ2n) is 9.78. The number of esters is 1. The Labute approximate surface area is 205 Å². The van der Waals surface area contributed by atoms with Crippen molar-refractivity contribution in [3.63, 3.8) is 0 Å². The lowest BCUT2D eigenvalue weighted by Crippen LogP contribution is -2.43. The molecule has 0 heterocycles. The van der Waals surface area contributed by atoms with Crippen LogP contribution in [0.3, 0.4) is 0 Å². The monoisotopic (exact) mass is 476 g/mol. The molecule has 7 heteroatoms. The molecule has 0 aromatic heterocycles. The number of benzene rings is 1. The lowest BCUT2D eigenvalue weighted by molar-refractivity contribution is -0.152. The smallest absolute Gasteiger partial charge is 0.408 e. The Balaban J connectivity index is 2.49. The van der Waals surface area contributed by atoms with Gasteiger partial charge in [0.25, 0.3) is 0 Å².